The molecule has 2 unspecified atom stereocenters. The molecule has 0 spiro atoms. The van der Waals surface area contributed by atoms with E-state index in [0.717, 1.165) is 19.3 Å². The molecule has 3 nitrogen and oxygen atoms in total. The number of ether oxygens (including phenoxy) is 1. The van der Waals surface area contributed by atoms with Gasteiger partial charge in [0.2, 0.25) is 0 Å². The highest BCUT2D eigenvalue weighted by Gasteiger charge is 2.29. The van der Waals surface area contributed by atoms with Crippen LogP contribution in [0.15, 0.2) is 0 Å². The first kappa shape index (κ1) is 16.4. The zero-order valence-corrected chi connectivity index (χ0v) is 12.1. The molecule has 0 aromatic rings. The smallest absolute Gasteiger partial charge is 0.337 e. The zero-order valence-electron chi connectivity index (χ0n) is 12.1. The van der Waals surface area contributed by atoms with Crippen molar-refractivity contribution in [2.45, 2.75) is 72.5 Å². The fourth-order valence-corrected chi connectivity index (χ4v) is 1.67. The second kappa shape index (κ2) is 7.00. The van der Waals surface area contributed by atoms with Crippen LogP contribution in [0.25, 0.3) is 0 Å². The Hall–Kier alpha value is -0.570. The van der Waals surface area contributed by atoms with Crippen molar-refractivity contribution in [3.63, 3.8) is 0 Å². The monoisotopic (exact) mass is 244 g/mol. The quantitative estimate of drug-likeness (QED) is 0.700. The van der Waals surface area contributed by atoms with Gasteiger partial charge in [0.1, 0.15) is 6.10 Å². The molecule has 0 bridgehead atoms. The van der Waals surface area contributed by atoms with Crippen molar-refractivity contribution in [3.05, 3.63) is 0 Å². The lowest BCUT2D eigenvalue weighted by molar-refractivity contribution is -0.170. The van der Waals surface area contributed by atoms with E-state index in [4.69, 9.17) is 4.74 Å². The molecule has 0 heterocycles. The van der Waals surface area contributed by atoms with Gasteiger partial charge in [0.15, 0.2) is 5.60 Å². The predicted octanol–water partition coefficient (Wildman–Crippen LogP) is 3.15. The first-order valence-electron chi connectivity index (χ1n) is 6.61. The summed E-state index contributed by atoms with van der Waals surface area (Å²) < 4.78 is 5.37. The number of hydrogen-bond acceptors (Lipinski definition) is 3. The maximum atomic E-state index is 11.6. The molecule has 3 heteroatoms. The minimum atomic E-state index is -1.40. The summed E-state index contributed by atoms with van der Waals surface area (Å²) in [5.41, 5.74) is -1.40. The molecular formula is C14H28O3. The van der Waals surface area contributed by atoms with Gasteiger partial charge in [0.25, 0.3) is 0 Å². The minimum absolute atomic E-state index is 0.0901. The zero-order chi connectivity index (χ0) is 13.6. The summed E-state index contributed by atoms with van der Waals surface area (Å²) in [5.74, 6) is 0.481. The fourth-order valence-electron chi connectivity index (χ4n) is 1.67. The molecular weight excluding hydrogens is 216 g/mol. The van der Waals surface area contributed by atoms with Gasteiger partial charge < -0.3 is 9.84 Å². The summed E-state index contributed by atoms with van der Waals surface area (Å²) in [4.78, 5) is 11.6. The second-order valence-electron chi connectivity index (χ2n) is 5.86. The van der Waals surface area contributed by atoms with Crippen molar-refractivity contribution in [1.29, 1.82) is 0 Å². The van der Waals surface area contributed by atoms with E-state index in [1.165, 1.54) is 13.8 Å². The average Bonchev–Trinajstić information content (AvgIpc) is 2.20. The van der Waals surface area contributed by atoms with Gasteiger partial charge in [-0.1, -0.05) is 34.1 Å². The van der Waals surface area contributed by atoms with Gasteiger partial charge in [-0.3, -0.25) is 0 Å². The molecule has 0 aliphatic heterocycles. The van der Waals surface area contributed by atoms with Crippen molar-refractivity contribution in [1.82, 2.24) is 0 Å². The standard InChI is InChI=1S/C14H28O3/c1-7-12(11(4)9-8-10(2)3)17-13(15)14(5,6)16/h10-12,16H,7-9H2,1-6H3. The van der Waals surface area contributed by atoms with Crippen LogP contribution in [-0.2, 0) is 9.53 Å². The van der Waals surface area contributed by atoms with Crippen LogP contribution in [0.1, 0.15) is 60.8 Å². The summed E-state index contributed by atoms with van der Waals surface area (Å²) in [7, 11) is 0. The Morgan fingerprint density at radius 3 is 2.12 bits per heavy atom. The van der Waals surface area contributed by atoms with Gasteiger partial charge >= 0.3 is 5.97 Å². The van der Waals surface area contributed by atoms with Gasteiger partial charge in [0.05, 0.1) is 0 Å². The van der Waals surface area contributed by atoms with Crippen LogP contribution in [0.2, 0.25) is 0 Å². The van der Waals surface area contributed by atoms with Crippen LogP contribution < -0.4 is 0 Å². The summed E-state index contributed by atoms with van der Waals surface area (Å²) >= 11 is 0. The predicted molar refractivity (Wildman–Crippen MR) is 69.7 cm³/mol. The molecule has 0 amide bonds. The van der Waals surface area contributed by atoms with E-state index in [9.17, 15) is 9.90 Å². The molecule has 0 aliphatic carbocycles. The second-order valence-corrected chi connectivity index (χ2v) is 5.86. The largest absolute Gasteiger partial charge is 0.460 e. The van der Waals surface area contributed by atoms with Crippen molar-refractivity contribution in [2.24, 2.45) is 11.8 Å². The van der Waals surface area contributed by atoms with E-state index >= 15 is 0 Å². The van der Waals surface area contributed by atoms with E-state index in [-0.39, 0.29) is 6.10 Å². The van der Waals surface area contributed by atoms with Crippen LogP contribution in [0.4, 0.5) is 0 Å². The molecule has 0 radical (unpaired) electrons. The van der Waals surface area contributed by atoms with Crippen LogP contribution in [0.5, 0.6) is 0 Å². The van der Waals surface area contributed by atoms with Gasteiger partial charge in [-0.05, 0) is 38.5 Å². The Bertz CT molecular complexity index is 228. The maximum absolute atomic E-state index is 11.6. The fraction of sp³-hybridized carbons (Fsp3) is 0.929. The van der Waals surface area contributed by atoms with Gasteiger partial charge in [-0.2, -0.15) is 0 Å². The number of hydrogen-bond donors (Lipinski definition) is 1. The lowest BCUT2D eigenvalue weighted by Crippen LogP contribution is -2.37. The number of aliphatic hydroxyl groups is 1. The third-order valence-corrected chi connectivity index (χ3v) is 2.99. The molecule has 2 atom stereocenters. The lowest BCUT2D eigenvalue weighted by Gasteiger charge is -2.26. The summed E-state index contributed by atoms with van der Waals surface area (Å²) in [6, 6.07) is 0. The Kier molecular flexibility index (Phi) is 6.76. The summed E-state index contributed by atoms with van der Waals surface area (Å²) in [6.07, 6.45) is 2.89. The molecule has 0 aromatic carbocycles. The number of carbonyl (C=O) groups excluding carboxylic acids is 1. The topological polar surface area (TPSA) is 46.5 Å². The molecule has 0 rings (SSSR count). The Balaban J connectivity index is 4.28. The summed E-state index contributed by atoms with van der Waals surface area (Å²) in [5, 5.41) is 9.56. The van der Waals surface area contributed by atoms with Crippen LogP contribution in [0.3, 0.4) is 0 Å². The molecule has 17 heavy (non-hydrogen) atoms. The first-order chi connectivity index (χ1) is 7.68. The minimum Gasteiger partial charge on any atom is -0.460 e. The van der Waals surface area contributed by atoms with Gasteiger partial charge in [0, 0.05) is 0 Å². The van der Waals surface area contributed by atoms with Crippen LogP contribution >= 0.6 is 0 Å². The third-order valence-electron chi connectivity index (χ3n) is 2.99. The highest BCUT2D eigenvalue weighted by molar-refractivity contribution is 5.78. The first-order valence-corrected chi connectivity index (χ1v) is 6.61. The van der Waals surface area contributed by atoms with E-state index < -0.39 is 11.6 Å². The highest BCUT2D eigenvalue weighted by Crippen LogP contribution is 2.21. The number of rotatable bonds is 7. The Morgan fingerprint density at radius 1 is 1.24 bits per heavy atom. The third kappa shape index (κ3) is 6.67. The van der Waals surface area contributed by atoms with Crippen molar-refractivity contribution in [2.75, 3.05) is 0 Å². The lowest BCUT2D eigenvalue weighted by atomic mass is 9.93. The van der Waals surface area contributed by atoms with Crippen LogP contribution in [-0.4, -0.2) is 22.8 Å². The molecule has 1 N–H and O–H groups in total. The number of esters is 1. The molecule has 102 valence electrons. The van der Waals surface area contributed by atoms with E-state index in [1.807, 2.05) is 6.92 Å². The van der Waals surface area contributed by atoms with E-state index in [2.05, 4.69) is 20.8 Å². The highest BCUT2D eigenvalue weighted by atomic mass is 16.6. The van der Waals surface area contributed by atoms with Gasteiger partial charge in [-0.25, -0.2) is 4.79 Å². The van der Waals surface area contributed by atoms with Crippen LogP contribution in [0, 0.1) is 11.8 Å². The molecule has 0 fully saturated rings. The average molecular weight is 244 g/mol. The van der Waals surface area contributed by atoms with E-state index in [0.29, 0.717) is 11.8 Å². The Morgan fingerprint density at radius 2 is 1.76 bits per heavy atom. The normalized spacial score (nSPS) is 15.8. The molecule has 0 aliphatic rings. The number of carbonyl (C=O) groups is 1. The Labute approximate surface area is 106 Å². The van der Waals surface area contributed by atoms with Crippen molar-refractivity contribution >= 4 is 5.97 Å². The van der Waals surface area contributed by atoms with E-state index in [1.54, 1.807) is 0 Å². The molecule has 0 saturated carbocycles. The molecule has 0 aromatic heterocycles. The van der Waals surface area contributed by atoms with Crippen molar-refractivity contribution < 1.29 is 14.6 Å². The summed E-state index contributed by atoms with van der Waals surface area (Å²) in [6.45, 7) is 11.4. The maximum Gasteiger partial charge on any atom is 0.337 e. The van der Waals surface area contributed by atoms with Crippen molar-refractivity contribution in [3.8, 4) is 0 Å². The molecule has 0 saturated heterocycles. The SMILES string of the molecule is CCC(OC(=O)C(C)(C)O)C(C)CCC(C)C. The van der Waals surface area contributed by atoms with Gasteiger partial charge in [-0.15, -0.1) is 0 Å².